The molecule has 0 radical (unpaired) electrons. The monoisotopic (exact) mass is 216 g/mol. The first kappa shape index (κ1) is 10.4. The standard InChI is InChI=1S/C7H5ClN2O4/c1-4-2-3-5(9(11)12)6(8)7(4)10(13)14/h2-3H,1H3. The molecule has 0 aliphatic heterocycles. The van der Waals surface area contributed by atoms with Crippen LogP contribution in [-0.2, 0) is 0 Å². The molecule has 6 nitrogen and oxygen atoms in total. The van der Waals surface area contributed by atoms with E-state index in [-0.39, 0.29) is 0 Å². The maximum Gasteiger partial charge on any atom is 0.297 e. The van der Waals surface area contributed by atoms with Crippen molar-refractivity contribution in [2.45, 2.75) is 6.92 Å². The van der Waals surface area contributed by atoms with Gasteiger partial charge in [-0.1, -0.05) is 11.6 Å². The van der Waals surface area contributed by atoms with Crippen LogP contribution < -0.4 is 0 Å². The van der Waals surface area contributed by atoms with E-state index in [0.29, 0.717) is 5.56 Å². The molecule has 1 aromatic rings. The summed E-state index contributed by atoms with van der Waals surface area (Å²) < 4.78 is 0. The molecule has 0 bridgehead atoms. The molecule has 0 atom stereocenters. The summed E-state index contributed by atoms with van der Waals surface area (Å²) in [6.45, 7) is 1.47. The van der Waals surface area contributed by atoms with Gasteiger partial charge in [-0.05, 0) is 13.0 Å². The molecule has 14 heavy (non-hydrogen) atoms. The molecule has 0 aliphatic rings. The zero-order valence-corrected chi connectivity index (χ0v) is 7.82. The highest BCUT2D eigenvalue weighted by Gasteiger charge is 2.25. The summed E-state index contributed by atoms with van der Waals surface area (Å²) in [5.74, 6) is 0. The third-order valence-corrected chi connectivity index (χ3v) is 2.05. The van der Waals surface area contributed by atoms with Crippen LogP contribution in [0.4, 0.5) is 11.4 Å². The zero-order chi connectivity index (χ0) is 10.9. The largest absolute Gasteiger partial charge is 0.297 e. The minimum atomic E-state index is -0.755. The van der Waals surface area contributed by atoms with E-state index in [0.717, 1.165) is 6.07 Å². The van der Waals surface area contributed by atoms with Crippen molar-refractivity contribution in [3.05, 3.63) is 42.9 Å². The van der Waals surface area contributed by atoms with Crippen molar-refractivity contribution in [1.29, 1.82) is 0 Å². The lowest BCUT2D eigenvalue weighted by atomic mass is 10.2. The number of benzene rings is 1. The second-order valence-electron chi connectivity index (χ2n) is 2.58. The van der Waals surface area contributed by atoms with Gasteiger partial charge in [0.2, 0.25) is 0 Å². The zero-order valence-electron chi connectivity index (χ0n) is 7.06. The molecule has 0 fully saturated rings. The van der Waals surface area contributed by atoms with Crippen LogP contribution in [0.2, 0.25) is 5.02 Å². The molecule has 74 valence electrons. The topological polar surface area (TPSA) is 86.3 Å². The minimum Gasteiger partial charge on any atom is -0.258 e. The van der Waals surface area contributed by atoms with Crippen molar-refractivity contribution in [2.75, 3.05) is 0 Å². The van der Waals surface area contributed by atoms with Gasteiger partial charge >= 0.3 is 0 Å². The quantitative estimate of drug-likeness (QED) is 0.561. The van der Waals surface area contributed by atoms with E-state index in [1.54, 1.807) is 0 Å². The molecule has 0 N–H and O–H groups in total. The Morgan fingerprint density at radius 1 is 1.21 bits per heavy atom. The maximum atomic E-state index is 10.5. The fourth-order valence-electron chi connectivity index (χ4n) is 1.02. The second-order valence-corrected chi connectivity index (χ2v) is 2.96. The van der Waals surface area contributed by atoms with Gasteiger partial charge in [0.25, 0.3) is 11.4 Å². The number of rotatable bonds is 2. The van der Waals surface area contributed by atoms with Crippen LogP contribution in [0, 0.1) is 27.2 Å². The van der Waals surface area contributed by atoms with Crippen molar-refractivity contribution >= 4 is 23.0 Å². The third kappa shape index (κ3) is 1.64. The van der Waals surface area contributed by atoms with Crippen LogP contribution in [-0.4, -0.2) is 9.85 Å². The summed E-state index contributed by atoms with van der Waals surface area (Å²) in [4.78, 5) is 19.4. The Bertz CT molecular complexity index is 418. The molecular formula is C7H5ClN2O4. The average molecular weight is 217 g/mol. The first-order chi connectivity index (χ1) is 6.45. The van der Waals surface area contributed by atoms with Crippen LogP contribution >= 0.6 is 11.6 Å². The van der Waals surface area contributed by atoms with Gasteiger partial charge in [0, 0.05) is 11.6 Å². The van der Waals surface area contributed by atoms with Crippen molar-refractivity contribution < 1.29 is 9.85 Å². The fourth-order valence-corrected chi connectivity index (χ4v) is 1.37. The highest BCUT2D eigenvalue weighted by molar-refractivity contribution is 6.34. The summed E-state index contributed by atoms with van der Waals surface area (Å²) in [7, 11) is 0. The Morgan fingerprint density at radius 3 is 2.21 bits per heavy atom. The fraction of sp³-hybridized carbons (Fsp3) is 0.143. The van der Waals surface area contributed by atoms with Gasteiger partial charge in [-0.3, -0.25) is 20.2 Å². The molecule has 0 spiro atoms. The Balaban J connectivity index is 3.49. The first-order valence-corrected chi connectivity index (χ1v) is 3.91. The Morgan fingerprint density at radius 2 is 1.79 bits per heavy atom. The van der Waals surface area contributed by atoms with Crippen LogP contribution in [0.3, 0.4) is 0 Å². The summed E-state index contributed by atoms with van der Waals surface area (Å²) >= 11 is 5.52. The third-order valence-electron chi connectivity index (χ3n) is 1.68. The molecule has 0 aliphatic carbocycles. The molecule has 1 rings (SSSR count). The van der Waals surface area contributed by atoms with Gasteiger partial charge in [0.1, 0.15) is 0 Å². The number of hydrogen-bond acceptors (Lipinski definition) is 4. The van der Waals surface area contributed by atoms with E-state index in [2.05, 4.69) is 0 Å². The van der Waals surface area contributed by atoms with Crippen molar-refractivity contribution in [1.82, 2.24) is 0 Å². The van der Waals surface area contributed by atoms with Crippen LogP contribution in [0.5, 0.6) is 0 Å². The average Bonchev–Trinajstić information content (AvgIpc) is 2.02. The van der Waals surface area contributed by atoms with Crippen molar-refractivity contribution in [3.8, 4) is 0 Å². The van der Waals surface area contributed by atoms with Gasteiger partial charge in [-0.25, -0.2) is 0 Å². The van der Waals surface area contributed by atoms with Crippen LogP contribution in [0.15, 0.2) is 12.1 Å². The minimum absolute atomic E-state index is 0.297. The Labute approximate surface area is 83.4 Å². The van der Waals surface area contributed by atoms with Gasteiger partial charge < -0.3 is 0 Å². The number of nitrogens with zero attached hydrogens (tertiary/aromatic N) is 2. The van der Waals surface area contributed by atoms with Gasteiger partial charge in [0.15, 0.2) is 5.02 Å². The predicted octanol–water partition coefficient (Wildman–Crippen LogP) is 2.46. The van der Waals surface area contributed by atoms with E-state index in [9.17, 15) is 20.2 Å². The lowest BCUT2D eigenvalue weighted by Crippen LogP contribution is -1.96. The van der Waals surface area contributed by atoms with Crippen LogP contribution in [0.25, 0.3) is 0 Å². The summed E-state index contributed by atoms with van der Waals surface area (Å²) in [6.07, 6.45) is 0. The molecule has 0 heterocycles. The summed E-state index contributed by atoms with van der Waals surface area (Å²) in [5, 5.41) is 20.5. The lowest BCUT2D eigenvalue weighted by Gasteiger charge is -1.99. The van der Waals surface area contributed by atoms with Gasteiger partial charge in [-0.15, -0.1) is 0 Å². The molecule has 7 heteroatoms. The normalized spacial score (nSPS) is 9.86. The molecule has 0 unspecified atom stereocenters. The van der Waals surface area contributed by atoms with Crippen molar-refractivity contribution in [3.63, 3.8) is 0 Å². The maximum absolute atomic E-state index is 10.5. The summed E-state index contributed by atoms with van der Waals surface area (Å²) in [5.41, 5.74) is -0.574. The number of hydrogen-bond donors (Lipinski definition) is 0. The van der Waals surface area contributed by atoms with Gasteiger partial charge in [-0.2, -0.15) is 0 Å². The van der Waals surface area contributed by atoms with E-state index >= 15 is 0 Å². The molecule has 1 aromatic carbocycles. The van der Waals surface area contributed by atoms with Crippen LogP contribution in [0.1, 0.15) is 5.56 Å². The number of aryl methyl sites for hydroxylation is 1. The molecule has 0 saturated carbocycles. The van der Waals surface area contributed by atoms with Gasteiger partial charge in [0.05, 0.1) is 9.85 Å². The number of nitro groups is 2. The van der Waals surface area contributed by atoms with E-state index in [1.165, 1.54) is 13.0 Å². The van der Waals surface area contributed by atoms with Crippen molar-refractivity contribution in [2.24, 2.45) is 0 Å². The predicted molar refractivity (Wildman–Crippen MR) is 49.5 cm³/mol. The number of halogens is 1. The second kappa shape index (κ2) is 3.59. The van der Waals surface area contributed by atoms with E-state index < -0.39 is 26.2 Å². The molecule has 0 saturated heterocycles. The molecular weight excluding hydrogens is 212 g/mol. The SMILES string of the molecule is Cc1ccc([N+](=O)[O-])c(Cl)c1[N+](=O)[O-]. The molecule has 0 amide bonds. The van der Waals surface area contributed by atoms with E-state index in [4.69, 9.17) is 11.6 Å². The van der Waals surface area contributed by atoms with E-state index in [1.807, 2.05) is 0 Å². The number of nitro benzene ring substituents is 2. The Kier molecular flexibility index (Phi) is 2.66. The Hall–Kier alpha value is -1.69. The summed E-state index contributed by atoms with van der Waals surface area (Å²) in [6, 6.07) is 2.44. The smallest absolute Gasteiger partial charge is 0.258 e. The first-order valence-electron chi connectivity index (χ1n) is 3.53. The lowest BCUT2D eigenvalue weighted by molar-refractivity contribution is -0.394. The molecule has 0 aromatic heterocycles. The highest BCUT2D eigenvalue weighted by atomic mass is 35.5. The highest BCUT2D eigenvalue weighted by Crippen LogP contribution is 2.35.